The molecular formula is C30H34F2N6O4. The molecule has 2 aromatic heterocycles. The van der Waals surface area contributed by atoms with Gasteiger partial charge in [0.05, 0.1) is 17.9 Å². The van der Waals surface area contributed by atoms with Crippen molar-refractivity contribution in [2.45, 2.75) is 69.2 Å². The summed E-state index contributed by atoms with van der Waals surface area (Å²) in [6.07, 6.45) is 4.69. The maximum absolute atomic E-state index is 14.9. The molecule has 0 unspecified atom stereocenters. The number of nitrogens with zero attached hydrogens (tertiary/aromatic N) is 4. The molecule has 222 valence electrons. The molecule has 3 amide bonds. The fraction of sp³-hybridized carbons (Fsp3) is 0.467. The normalized spacial score (nSPS) is 21.5. The van der Waals surface area contributed by atoms with Crippen LogP contribution >= 0.6 is 0 Å². The zero-order chi connectivity index (χ0) is 29.6. The number of benzene rings is 1. The summed E-state index contributed by atoms with van der Waals surface area (Å²) in [5.41, 5.74) is 0.299. The van der Waals surface area contributed by atoms with Gasteiger partial charge in [0.25, 0.3) is 0 Å². The summed E-state index contributed by atoms with van der Waals surface area (Å²) in [5, 5.41) is 5.82. The maximum Gasteiger partial charge on any atom is 0.413 e. The van der Waals surface area contributed by atoms with Crippen molar-refractivity contribution in [2.75, 3.05) is 25.5 Å². The van der Waals surface area contributed by atoms with Crippen LogP contribution in [0.25, 0.3) is 0 Å². The summed E-state index contributed by atoms with van der Waals surface area (Å²) in [4.78, 5) is 36.5. The second-order valence-electron chi connectivity index (χ2n) is 11.6. The van der Waals surface area contributed by atoms with Crippen LogP contribution in [0.2, 0.25) is 0 Å². The number of likely N-dealkylation sites (tertiary alicyclic amines) is 1. The number of fused-ring (bicyclic) bond motifs is 3. The van der Waals surface area contributed by atoms with Crippen molar-refractivity contribution in [3.05, 3.63) is 77.0 Å². The Kier molecular flexibility index (Phi) is 7.12. The number of carbonyl (C=O) groups is 2. The lowest BCUT2D eigenvalue weighted by molar-refractivity contribution is -0.0308. The molecule has 2 N–H and O–H groups in total. The molecule has 42 heavy (non-hydrogen) atoms. The number of aromatic nitrogens is 3. The molecule has 3 aliphatic heterocycles. The van der Waals surface area contributed by atoms with Crippen LogP contribution in [0.15, 0.2) is 42.7 Å². The molecule has 2 atom stereocenters. The van der Waals surface area contributed by atoms with Crippen molar-refractivity contribution in [3.63, 3.8) is 0 Å². The predicted octanol–water partition coefficient (Wildman–Crippen LogP) is 5.32. The number of hydrogen-bond donors (Lipinski definition) is 2. The third-order valence-corrected chi connectivity index (χ3v) is 8.88. The Balaban J connectivity index is 1.23. The minimum Gasteiger partial charge on any atom is -0.437 e. The minimum atomic E-state index is -0.884. The van der Waals surface area contributed by atoms with Crippen LogP contribution in [-0.2, 0) is 27.2 Å². The zero-order valence-corrected chi connectivity index (χ0v) is 23.8. The molecule has 10 nitrogen and oxygen atoms in total. The first-order chi connectivity index (χ1) is 20.1. The van der Waals surface area contributed by atoms with Crippen molar-refractivity contribution < 1.29 is 27.8 Å². The summed E-state index contributed by atoms with van der Waals surface area (Å²) in [6.45, 7) is 4.90. The number of rotatable bonds is 4. The maximum atomic E-state index is 14.9. The number of amides is 3. The van der Waals surface area contributed by atoms with Gasteiger partial charge in [-0.05, 0) is 50.5 Å². The third-order valence-electron chi connectivity index (χ3n) is 8.88. The molecule has 3 aromatic rings. The van der Waals surface area contributed by atoms with Crippen LogP contribution in [0.5, 0.6) is 0 Å². The van der Waals surface area contributed by atoms with E-state index in [2.05, 4.69) is 20.6 Å². The molecule has 0 radical (unpaired) electrons. The Morgan fingerprint density at radius 3 is 2.71 bits per heavy atom. The van der Waals surface area contributed by atoms with Gasteiger partial charge in [-0.2, -0.15) is 0 Å². The Bertz CT molecular complexity index is 1520. The molecule has 6 rings (SSSR count). The second kappa shape index (κ2) is 10.6. The molecule has 1 saturated heterocycles. The van der Waals surface area contributed by atoms with Crippen molar-refractivity contribution in [1.29, 1.82) is 0 Å². The smallest absolute Gasteiger partial charge is 0.413 e. The summed E-state index contributed by atoms with van der Waals surface area (Å²) in [5.74, 6) is -0.942. The molecule has 0 bridgehead atoms. The highest BCUT2D eigenvalue weighted by molar-refractivity contribution is 5.87. The van der Waals surface area contributed by atoms with Gasteiger partial charge < -0.3 is 24.3 Å². The fourth-order valence-corrected chi connectivity index (χ4v) is 6.40. The number of imidazole rings is 1. The van der Waals surface area contributed by atoms with E-state index in [0.29, 0.717) is 62.5 Å². The highest BCUT2D eigenvalue weighted by Crippen LogP contribution is 2.43. The van der Waals surface area contributed by atoms with E-state index in [4.69, 9.17) is 9.47 Å². The lowest BCUT2D eigenvalue weighted by Crippen LogP contribution is -2.52. The Hall–Kier alpha value is -4.06. The quantitative estimate of drug-likeness (QED) is 0.432. The average Bonchev–Trinajstić information content (AvgIpc) is 3.32. The van der Waals surface area contributed by atoms with Crippen LogP contribution in [-0.4, -0.2) is 51.8 Å². The number of hydrogen-bond acceptors (Lipinski definition) is 6. The first kappa shape index (κ1) is 28.1. The number of urea groups is 1. The number of halogens is 2. The molecule has 1 spiro atoms. The monoisotopic (exact) mass is 580 g/mol. The second-order valence-corrected chi connectivity index (χ2v) is 11.6. The zero-order valence-electron chi connectivity index (χ0n) is 23.8. The Morgan fingerprint density at radius 2 is 1.95 bits per heavy atom. The van der Waals surface area contributed by atoms with Gasteiger partial charge in [0, 0.05) is 57.3 Å². The number of carbonyl (C=O) groups excluding carboxylic acids is 2. The minimum absolute atomic E-state index is 0.253. The van der Waals surface area contributed by atoms with Gasteiger partial charge in [-0.3, -0.25) is 5.32 Å². The number of piperidine rings is 1. The van der Waals surface area contributed by atoms with E-state index in [1.807, 2.05) is 24.5 Å². The standard InChI is InChI=1S/C30H34F2N6O4/c1-29(2,41-3)26-34-16-23-22(10-9-18(17-38(23)26)19-6-4-8-21(31)24(19)32)35-27(39)37-14-11-30(12-15-37)20-7-5-13-33-25(20)36-28(40)42-30/h4-8,13,16,18,22H,9-12,14-15,17H2,1-3H3,(H,35,39)(H,33,36,40)/t18-,22-/m1/s1. The Morgan fingerprint density at radius 1 is 1.17 bits per heavy atom. The van der Waals surface area contributed by atoms with Gasteiger partial charge in [-0.1, -0.05) is 12.1 Å². The lowest BCUT2D eigenvalue weighted by Gasteiger charge is -2.43. The van der Waals surface area contributed by atoms with E-state index in [1.165, 1.54) is 6.07 Å². The molecule has 3 aliphatic rings. The summed E-state index contributed by atoms with van der Waals surface area (Å²) >= 11 is 0. The molecule has 5 heterocycles. The van der Waals surface area contributed by atoms with Gasteiger partial charge in [0.2, 0.25) is 0 Å². The molecule has 0 saturated carbocycles. The van der Waals surface area contributed by atoms with Crippen molar-refractivity contribution in [1.82, 2.24) is 24.8 Å². The van der Waals surface area contributed by atoms with Gasteiger partial charge in [-0.15, -0.1) is 0 Å². The van der Waals surface area contributed by atoms with Crippen LogP contribution < -0.4 is 10.6 Å². The van der Waals surface area contributed by atoms with Crippen molar-refractivity contribution >= 4 is 17.9 Å². The summed E-state index contributed by atoms with van der Waals surface area (Å²) in [6, 6.07) is 7.28. The Labute approximate surface area is 242 Å². The molecule has 1 fully saturated rings. The van der Waals surface area contributed by atoms with Gasteiger partial charge in [0.1, 0.15) is 22.8 Å². The van der Waals surface area contributed by atoms with E-state index in [9.17, 15) is 18.4 Å². The van der Waals surface area contributed by atoms with E-state index >= 15 is 0 Å². The number of anilines is 1. The molecule has 0 aliphatic carbocycles. The van der Waals surface area contributed by atoms with Crippen LogP contribution in [0.4, 0.5) is 24.2 Å². The van der Waals surface area contributed by atoms with Crippen molar-refractivity contribution in [2.24, 2.45) is 0 Å². The predicted molar refractivity (Wildman–Crippen MR) is 149 cm³/mol. The largest absolute Gasteiger partial charge is 0.437 e. The van der Waals surface area contributed by atoms with E-state index in [1.54, 1.807) is 36.5 Å². The first-order valence-corrected chi connectivity index (χ1v) is 14.2. The van der Waals surface area contributed by atoms with E-state index in [0.717, 1.165) is 17.3 Å². The third kappa shape index (κ3) is 4.87. The molecular weight excluding hydrogens is 546 g/mol. The fourth-order valence-electron chi connectivity index (χ4n) is 6.40. The van der Waals surface area contributed by atoms with Gasteiger partial charge in [-0.25, -0.2) is 28.3 Å². The first-order valence-electron chi connectivity index (χ1n) is 14.2. The van der Waals surface area contributed by atoms with E-state index in [-0.39, 0.29) is 11.9 Å². The van der Waals surface area contributed by atoms with E-state index < -0.39 is 35.0 Å². The van der Waals surface area contributed by atoms with Crippen LogP contribution in [0, 0.1) is 11.6 Å². The summed E-state index contributed by atoms with van der Waals surface area (Å²) < 4.78 is 42.5. The number of pyridine rings is 1. The van der Waals surface area contributed by atoms with Crippen LogP contribution in [0.3, 0.4) is 0 Å². The summed E-state index contributed by atoms with van der Waals surface area (Å²) in [7, 11) is 1.60. The molecule has 12 heteroatoms. The number of nitrogens with one attached hydrogen (secondary N) is 2. The number of methoxy groups -OCH3 is 1. The highest BCUT2D eigenvalue weighted by Gasteiger charge is 2.46. The number of ether oxygens (including phenoxy) is 2. The van der Waals surface area contributed by atoms with Crippen LogP contribution in [0.1, 0.15) is 74.1 Å². The SMILES string of the molecule is COC(C)(C)c1ncc2n1C[C@H](c1cccc(F)c1F)CC[C@H]2NC(=O)N1CCC2(CC1)OC(=O)Nc1ncccc12. The van der Waals surface area contributed by atoms with Crippen molar-refractivity contribution in [3.8, 4) is 0 Å². The average molecular weight is 581 g/mol. The van der Waals surface area contributed by atoms with Gasteiger partial charge >= 0.3 is 12.1 Å². The topological polar surface area (TPSA) is 111 Å². The highest BCUT2D eigenvalue weighted by atomic mass is 19.2. The molecule has 1 aromatic carbocycles. The van der Waals surface area contributed by atoms with Gasteiger partial charge in [0.15, 0.2) is 11.6 Å². The lowest BCUT2D eigenvalue weighted by atomic mass is 9.83.